The maximum atomic E-state index is 14.4. The molecule has 1 aliphatic carbocycles. The van der Waals surface area contributed by atoms with Crippen molar-refractivity contribution in [3.63, 3.8) is 0 Å². The van der Waals surface area contributed by atoms with Crippen LogP contribution in [0.4, 0.5) is 20.7 Å². The van der Waals surface area contributed by atoms with Gasteiger partial charge < -0.3 is 19.7 Å². The maximum Gasteiger partial charge on any atom is 0.410 e. The number of hydrogen-bond acceptors (Lipinski definition) is 6. The van der Waals surface area contributed by atoms with Crippen molar-refractivity contribution in [2.24, 2.45) is 5.92 Å². The number of piperidine rings is 1. The van der Waals surface area contributed by atoms with E-state index < -0.39 is 0 Å². The number of anilines is 2. The number of halogens is 1. The minimum Gasteiger partial charge on any atom is -0.477 e. The zero-order chi connectivity index (χ0) is 23.9. The van der Waals surface area contributed by atoms with Gasteiger partial charge in [0, 0.05) is 12.1 Å². The quantitative estimate of drug-likeness (QED) is 0.575. The third-order valence-electron chi connectivity index (χ3n) is 7.52. The molecular formula is C26H33FN4O3. The van der Waals surface area contributed by atoms with Crippen molar-refractivity contribution in [3.8, 4) is 5.88 Å². The molecular weight excluding hydrogens is 435 g/mol. The van der Waals surface area contributed by atoms with Crippen molar-refractivity contribution in [2.45, 2.75) is 83.4 Å². The Morgan fingerprint density at radius 2 is 1.97 bits per heavy atom. The first-order valence-corrected chi connectivity index (χ1v) is 12.4. The van der Waals surface area contributed by atoms with E-state index in [-0.39, 0.29) is 29.6 Å². The van der Waals surface area contributed by atoms with Crippen molar-refractivity contribution in [2.75, 3.05) is 11.9 Å². The largest absolute Gasteiger partial charge is 0.477 e. The van der Waals surface area contributed by atoms with E-state index in [1.54, 1.807) is 6.07 Å². The SMILES string of the molecule is CCc1ccc(Nc2ncnc(OCC3CC4CCC(C3)N4C(=O)OC3(C)CC3)c2C)c(F)c1. The molecule has 7 nitrogen and oxygen atoms in total. The van der Waals surface area contributed by atoms with E-state index >= 15 is 0 Å². The smallest absolute Gasteiger partial charge is 0.410 e. The Labute approximate surface area is 200 Å². The van der Waals surface area contributed by atoms with Gasteiger partial charge >= 0.3 is 6.09 Å². The summed E-state index contributed by atoms with van der Waals surface area (Å²) in [5.41, 5.74) is 1.82. The molecule has 1 N–H and O–H groups in total. The average molecular weight is 469 g/mol. The summed E-state index contributed by atoms with van der Waals surface area (Å²) in [4.78, 5) is 23.3. The Hall–Kier alpha value is -2.90. The minimum atomic E-state index is -0.309. The van der Waals surface area contributed by atoms with Crippen LogP contribution in [-0.2, 0) is 11.2 Å². The van der Waals surface area contributed by atoms with Crippen LogP contribution >= 0.6 is 0 Å². The minimum absolute atomic E-state index is 0.145. The number of amides is 1. The van der Waals surface area contributed by atoms with Crippen molar-refractivity contribution in [1.29, 1.82) is 0 Å². The second kappa shape index (κ2) is 9.04. The predicted molar refractivity (Wildman–Crippen MR) is 127 cm³/mol. The van der Waals surface area contributed by atoms with Crippen LogP contribution in [-0.4, -0.2) is 45.3 Å². The standard InChI is InChI=1S/C26H33FN4O3/c1-4-17-5-8-22(21(27)13-17)30-23-16(2)24(29-15-28-23)33-14-18-11-19-6-7-20(12-18)31(19)25(32)34-26(3)9-10-26/h5,8,13,15,18-20H,4,6-7,9-12,14H2,1-3H3,(H,28,29,30). The Morgan fingerprint density at radius 1 is 1.24 bits per heavy atom. The molecule has 5 rings (SSSR count). The van der Waals surface area contributed by atoms with E-state index in [0.29, 0.717) is 29.9 Å². The lowest BCUT2D eigenvalue weighted by Crippen LogP contribution is -2.48. The molecule has 1 aromatic carbocycles. The van der Waals surface area contributed by atoms with E-state index in [9.17, 15) is 9.18 Å². The topological polar surface area (TPSA) is 76.6 Å². The molecule has 0 spiro atoms. The van der Waals surface area contributed by atoms with Crippen LogP contribution in [0.5, 0.6) is 5.88 Å². The summed E-state index contributed by atoms with van der Waals surface area (Å²) >= 11 is 0. The van der Waals surface area contributed by atoms with Crippen LogP contribution in [0.25, 0.3) is 0 Å². The van der Waals surface area contributed by atoms with E-state index in [0.717, 1.165) is 56.1 Å². The van der Waals surface area contributed by atoms with Crippen molar-refractivity contribution >= 4 is 17.6 Å². The molecule has 1 aromatic heterocycles. The van der Waals surface area contributed by atoms with Crippen LogP contribution in [0.2, 0.25) is 0 Å². The lowest BCUT2D eigenvalue weighted by atomic mass is 9.91. The zero-order valence-electron chi connectivity index (χ0n) is 20.1. The van der Waals surface area contributed by atoms with Gasteiger partial charge in [-0.05, 0) is 82.4 Å². The fraction of sp³-hybridized carbons (Fsp3) is 0.577. The second-order valence-electron chi connectivity index (χ2n) is 10.2. The number of nitrogens with zero attached hydrogens (tertiary/aromatic N) is 3. The summed E-state index contributed by atoms with van der Waals surface area (Å²) in [5.74, 6) is 1.07. The first kappa shape index (κ1) is 22.9. The van der Waals surface area contributed by atoms with Gasteiger partial charge in [0.05, 0.1) is 17.9 Å². The van der Waals surface area contributed by atoms with Gasteiger partial charge in [0.25, 0.3) is 0 Å². The highest BCUT2D eigenvalue weighted by Crippen LogP contribution is 2.43. The number of aromatic nitrogens is 2. The van der Waals surface area contributed by atoms with Crippen LogP contribution in [0.3, 0.4) is 0 Å². The van der Waals surface area contributed by atoms with Crippen molar-refractivity contribution < 1.29 is 18.7 Å². The summed E-state index contributed by atoms with van der Waals surface area (Å²) < 4.78 is 26.3. The molecule has 2 atom stereocenters. The number of benzene rings is 1. The van der Waals surface area contributed by atoms with E-state index in [1.165, 1.54) is 12.4 Å². The molecule has 2 aliphatic heterocycles. The third-order valence-corrected chi connectivity index (χ3v) is 7.52. The molecule has 1 amide bonds. The number of carbonyl (C=O) groups is 1. The molecule has 2 bridgehead atoms. The number of fused-ring (bicyclic) bond motifs is 2. The van der Waals surface area contributed by atoms with E-state index in [4.69, 9.17) is 9.47 Å². The second-order valence-corrected chi connectivity index (χ2v) is 10.2. The van der Waals surface area contributed by atoms with Gasteiger partial charge in [-0.3, -0.25) is 0 Å². The predicted octanol–water partition coefficient (Wildman–Crippen LogP) is 5.54. The van der Waals surface area contributed by atoms with Gasteiger partial charge in [0.2, 0.25) is 5.88 Å². The Kier molecular flexibility index (Phi) is 6.08. The van der Waals surface area contributed by atoms with Gasteiger partial charge in [0.15, 0.2) is 0 Å². The fourth-order valence-corrected chi connectivity index (χ4v) is 5.18. The monoisotopic (exact) mass is 468 g/mol. The molecule has 34 heavy (non-hydrogen) atoms. The first-order valence-electron chi connectivity index (χ1n) is 12.4. The molecule has 2 unspecified atom stereocenters. The van der Waals surface area contributed by atoms with Crippen LogP contribution in [0, 0.1) is 18.7 Å². The molecule has 0 radical (unpaired) electrons. The summed E-state index contributed by atoms with van der Waals surface area (Å²) in [5, 5.41) is 3.07. The molecule has 3 fully saturated rings. The summed E-state index contributed by atoms with van der Waals surface area (Å²) in [6, 6.07) is 5.62. The highest BCUT2D eigenvalue weighted by Gasteiger charge is 2.48. The number of rotatable bonds is 7. The summed E-state index contributed by atoms with van der Waals surface area (Å²) in [6.07, 6.45) is 7.86. The Balaban J connectivity index is 1.20. The van der Waals surface area contributed by atoms with Gasteiger partial charge in [-0.25, -0.2) is 19.2 Å². The summed E-state index contributed by atoms with van der Waals surface area (Å²) in [6.45, 7) is 6.41. The number of aryl methyl sites for hydroxylation is 1. The lowest BCUT2D eigenvalue weighted by Gasteiger charge is -2.38. The molecule has 2 saturated heterocycles. The molecule has 8 heteroatoms. The Morgan fingerprint density at radius 3 is 2.62 bits per heavy atom. The van der Waals surface area contributed by atoms with Crippen molar-refractivity contribution in [3.05, 3.63) is 41.5 Å². The molecule has 182 valence electrons. The van der Waals surface area contributed by atoms with E-state index in [2.05, 4.69) is 15.3 Å². The number of nitrogens with one attached hydrogen (secondary N) is 1. The highest BCUT2D eigenvalue weighted by atomic mass is 19.1. The molecule has 3 heterocycles. The van der Waals surface area contributed by atoms with Gasteiger partial charge in [-0.15, -0.1) is 0 Å². The highest BCUT2D eigenvalue weighted by molar-refractivity contribution is 5.70. The lowest BCUT2D eigenvalue weighted by molar-refractivity contribution is 0.0219. The number of carbonyl (C=O) groups excluding carboxylic acids is 1. The fourth-order valence-electron chi connectivity index (χ4n) is 5.18. The van der Waals surface area contributed by atoms with Crippen LogP contribution in [0.1, 0.15) is 63.5 Å². The van der Waals surface area contributed by atoms with Crippen LogP contribution < -0.4 is 10.1 Å². The average Bonchev–Trinajstić information content (AvgIpc) is 3.47. The van der Waals surface area contributed by atoms with Gasteiger partial charge in [0.1, 0.15) is 23.6 Å². The van der Waals surface area contributed by atoms with Crippen molar-refractivity contribution in [1.82, 2.24) is 14.9 Å². The molecule has 3 aliphatic rings. The molecule has 1 saturated carbocycles. The third kappa shape index (κ3) is 4.68. The zero-order valence-corrected chi connectivity index (χ0v) is 20.1. The van der Waals surface area contributed by atoms with Gasteiger partial charge in [-0.1, -0.05) is 13.0 Å². The van der Waals surface area contributed by atoms with Crippen LogP contribution in [0.15, 0.2) is 24.5 Å². The number of ether oxygens (including phenoxy) is 2. The molecule has 2 aromatic rings. The first-order chi connectivity index (χ1) is 16.3. The number of hydrogen-bond donors (Lipinski definition) is 1. The normalized spacial score (nSPS) is 24.6. The van der Waals surface area contributed by atoms with Gasteiger partial charge in [-0.2, -0.15) is 0 Å². The van der Waals surface area contributed by atoms with E-state index in [1.807, 2.05) is 31.7 Å². The Bertz CT molecular complexity index is 1060. The summed E-state index contributed by atoms with van der Waals surface area (Å²) in [7, 11) is 0. The maximum absolute atomic E-state index is 14.4.